The summed E-state index contributed by atoms with van der Waals surface area (Å²) < 4.78 is 64.1. The van der Waals surface area contributed by atoms with E-state index in [1.807, 2.05) is 6.92 Å². The minimum Gasteiger partial charge on any atom is -0.741 e. The maximum absolute atomic E-state index is 11.4. The number of rotatable bonds is 11. The molecule has 0 bridgehead atoms. The predicted octanol–water partition coefficient (Wildman–Crippen LogP) is 8.46. The fourth-order valence-electron chi connectivity index (χ4n) is 5.48. The lowest BCUT2D eigenvalue weighted by molar-refractivity contribution is -0.143. The molecule has 1 saturated heterocycles. The normalized spacial score (nSPS) is 13.8. The van der Waals surface area contributed by atoms with E-state index < -0.39 is 15.6 Å². The molecule has 1 fully saturated rings. The molecule has 0 atom stereocenters. The van der Waals surface area contributed by atoms with Crippen molar-refractivity contribution >= 4 is 32.6 Å². The molecule has 260 valence electrons. The van der Waals surface area contributed by atoms with Gasteiger partial charge in [-0.05, 0) is 97.5 Å². The molecule has 4 aromatic carbocycles. The van der Waals surface area contributed by atoms with Gasteiger partial charge in [-0.25, -0.2) is 8.42 Å². The van der Waals surface area contributed by atoms with Gasteiger partial charge >= 0.3 is 11.5 Å². The first-order valence-corrected chi connectivity index (χ1v) is 18.7. The maximum atomic E-state index is 11.4. The largest absolute Gasteiger partial charge is 0.741 e. The van der Waals surface area contributed by atoms with Gasteiger partial charge in [0, 0.05) is 19.5 Å². The van der Waals surface area contributed by atoms with Gasteiger partial charge in [-0.15, -0.1) is 0 Å². The topological polar surface area (TPSA) is 86.7 Å². The smallest absolute Gasteiger partial charge is 0.485 e. The van der Waals surface area contributed by atoms with Gasteiger partial charge in [0.15, 0.2) is 24.8 Å². The van der Waals surface area contributed by atoms with E-state index in [2.05, 4.69) is 120 Å². The number of benzene rings is 4. The van der Waals surface area contributed by atoms with Crippen LogP contribution in [0, 0.1) is 0 Å². The summed E-state index contributed by atoms with van der Waals surface area (Å²) in [5, 5.41) is 0. The lowest BCUT2D eigenvalue weighted by Crippen LogP contribution is -2.32. The molecule has 1 heterocycles. The van der Waals surface area contributed by atoms with Crippen LogP contribution >= 0.6 is 0 Å². The van der Waals surface area contributed by atoms with Crippen molar-refractivity contribution in [2.75, 3.05) is 26.2 Å². The van der Waals surface area contributed by atoms with Crippen LogP contribution in [0.3, 0.4) is 0 Å². The van der Waals surface area contributed by atoms with Gasteiger partial charge in [0.1, 0.15) is 0 Å². The van der Waals surface area contributed by atoms with E-state index in [9.17, 15) is 18.0 Å². The van der Waals surface area contributed by atoms with Crippen molar-refractivity contribution in [1.29, 1.82) is 0 Å². The summed E-state index contributed by atoms with van der Waals surface area (Å²) >= 11 is 0. The van der Waals surface area contributed by atoms with Crippen LogP contribution in [0.15, 0.2) is 136 Å². The number of nitrogens with zero attached hydrogens (tertiary/aromatic N) is 1. The van der Waals surface area contributed by atoms with E-state index in [4.69, 9.17) is 17.7 Å². The van der Waals surface area contributed by atoms with Gasteiger partial charge in [0.25, 0.3) is 0 Å². The number of halogens is 3. The molecule has 4 aromatic rings. The zero-order chi connectivity index (χ0) is 35.3. The van der Waals surface area contributed by atoms with Crippen LogP contribution < -0.4 is 0 Å². The molecule has 11 heteroatoms. The Morgan fingerprint density at radius 1 is 0.755 bits per heavy atom. The quantitative estimate of drug-likeness (QED) is 0.0510. The first kappa shape index (κ1) is 37.9. The van der Waals surface area contributed by atoms with Gasteiger partial charge in [-0.2, -0.15) is 13.2 Å². The van der Waals surface area contributed by atoms with Gasteiger partial charge in [-0.3, -0.25) is 4.79 Å². The molecule has 0 radical (unpaired) electrons. The second-order valence-electron chi connectivity index (χ2n) is 11.3. The molecule has 1 aliphatic rings. The standard InChI is InChI=1S/C37H40NO2S.CHF3O3S/c1-2-36(39)40-29-13-12-26-38-27-24-32(25-28-38)37(30-14-6-3-7-15-30)31-20-22-35(23-21-31)41(33-16-8-4-9-17-33)34-18-10-5-11-19-34;2-1(3,4)8(5,6)7/h3-11,14-23H,2,12-13,24-29H2,1H3;(H,5,6,7)/q+1;/p-1. The molecule has 0 aliphatic carbocycles. The Hall–Kier alpha value is -3.90. The number of carbonyl (C=O) groups is 1. The second kappa shape index (κ2) is 18.2. The van der Waals surface area contributed by atoms with E-state index in [-0.39, 0.29) is 16.9 Å². The Kier molecular flexibility index (Phi) is 14.1. The average molecular weight is 712 g/mol. The summed E-state index contributed by atoms with van der Waals surface area (Å²) in [6, 6.07) is 41.9. The molecule has 49 heavy (non-hydrogen) atoms. The highest BCUT2D eigenvalue weighted by atomic mass is 32.2. The first-order valence-electron chi connectivity index (χ1n) is 16.1. The van der Waals surface area contributed by atoms with Crippen LogP contribution in [0.4, 0.5) is 13.2 Å². The van der Waals surface area contributed by atoms with Crippen molar-refractivity contribution in [2.24, 2.45) is 0 Å². The van der Waals surface area contributed by atoms with Gasteiger partial charge in [0.05, 0.1) is 17.5 Å². The summed E-state index contributed by atoms with van der Waals surface area (Å²) in [6.45, 7) is 5.59. The van der Waals surface area contributed by atoms with Gasteiger partial charge < -0.3 is 14.2 Å². The molecule has 6 nitrogen and oxygen atoms in total. The molecular weight excluding hydrogens is 672 g/mol. The number of hydrogen-bond donors (Lipinski definition) is 0. The number of carbonyl (C=O) groups excluding carboxylic acids is 1. The predicted molar refractivity (Wildman–Crippen MR) is 186 cm³/mol. The van der Waals surface area contributed by atoms with E-state index in [0.717, 1.165) is 45.3 Å². The third kappa shape index (κ3) is 11.3. The fourth-order valence-corrected chi connectivity index (χ4v) is 7.56. The summed E-state index contributed by atoms with van der Waals surface area (Å²) in [4.78, 5) is 17.9. The highest BCUT2D eigenvalue weighted by molar-refractivity contribution is 7.97. The van der Waals surface area contributed by atoms with E-state index in [1.54, 1.807) is 5.57 Å². The van der Waals surface area contributed by atoms with E-state index in [1.165, 1.54) is 31.4 Å². The number of unbranched alkanes of at least 4 members (excludes halogenated alkanes) is 1. The monoisotopic (exact) mass is 711 g/mol. The number of ether oxygens (including phenoxy) is 1. The van der Waals surface area contributed by atoms with Crippen LogP contribution in [0.5, 0.6) is 0 Å². The number of alkyl halides is 3. The molecule has 0 unspecified atom stereocenters. The fraction of sp³-hybridized carbons (Fsp3) is 0.289. The van der Waals surface area contributed by atoms with Crippen LogP contribution in [0.1, 0.15) is 50.2 Å². The molecular formula is C38H40F3NO5S2. The van der Waals surface area contributed by atoms with Crippen LogP contribution in [-0.2, 0) is 30.5 Å². The van der Waals surface area contributed by atoms with Crippen molar-refractivity contribution < 1.29 is 35.7 Å². The Balaban J connectivity index is 0.000000603. The molecule has 0 spiro atoms. The van der Waals surface area contributed by atoms with Crippen molar-refractivity contribution in [3.8, 4) is 0 Å². The van der Waals surface area contributed by atoms with E-state index >= 15 is 0 Å². The Labute approximate surface area is 289 Å². The van der Waals surface area contributed by atoms with Gasteiger partial charge in [0.2, 0.25) is 0 Å². The molecule has 0 saturated carbocycles. The third-order valence-electron chi connectivity index (χ3n) is 7.92. The summed E-state index contributed by atoms with van der Waals surface area (Å²) in [5.74, 6) is -0.102. The SMILES string of the molecule is CCC(=O)OCCCCN1CCC(=C(c2ccccc2)c2ccc([S+](c3ccccc3)c3ccccc3)cc2)CC1.O=S(=O)([O-])C(F)(F)F. The Morgan fingerprint density at radius 2 is 1.20 bits per heavy atom. The summed E-state index contributed by atoms with van der Waals surface area (Å²) in [7, 11) is -6.24. The summed E-state index contributed by atoms with van der Waals surface area (Å²) in [6.07, 6.45) is 4.60. The van der Waals surface area contributed by atoms with Crippen molar-refractivity contribution in [2.45, 2.75) is 59.2 Å². The van der Waals surface area contributed by atoms with Crippen LogP contribution in [0.25, 0.3) is 5.57 Å². The third-order valence-corrected chi connectivity index (χ3v) is 10.7. The Morgan fingerprint density at radius 3 is 1.67 bits per heavy atom. The molecule has 0 N–H and O–H groups in total. The highest BCUT2D eigenvalue weighted by Gasteiger charge is 2.37. The maximum Gasteiger partial charge on any atom is 0.485 e. The highest BCUT2D eigenvalue weighted by Crippen LogP contribution is 2.35. The number of likely N-dealkylation sites (tertiary alicyclic amines) is 1. The minimum absolute atomic E-state index is 0.102. The van der Waals surface area contributed by atoms with Crippen molar-refractivity contribution in [3.05, 3.63) is 132 Å². The van der Waals surface area contributed by atoms with Crippen LogP contribution in [-0.4, -0.2) is 55.6 Å². The number of esters is 1. The average Bonchev–Trinajstić information content (AvgIpc) is 3.10. The summed E-state index contributed by atoms with van der Waals surface area (Å²) in [5.41, 5.74) is -0.116. The number of hydrogen-bond acceptors (Lipinski definition) is 6. The molecule has 0 aromatic heterocycles. The number of piperidine rings is 1. The van der Waals surface area contributed by atoms with E-state index in [0.29, 0.717) is 13.0 Å². The van der Waals surface area contributed by atoms with Gasteiger partial charge in [-0.1, -0.05) is 79.2 Å². The van der Waals surface area contributed by atoms with Crippen molar-refractivity contribution in [3.63, 3.8) is 0 Å². The zero-order valence-corrected chi connectivity index (χ0v) is 28.9. The lowest BCUT2D eigenvalue weighted by atomic mass is 9.88. The first-order chi connectivity index (χ1) is 23.5. The van der Waals surface area contributed by atoms with Crippen LogP contribution in [0.2, 0.25) is 0 Å². The second-order valence-corrected chi connectivity index (χ2v) is 14.7. The zero-order valence-electron chi connectivity index (χ0n) is 27.3. The minimum atomic E-state index is -6.09. The molecule has 1 aliphatic heterocycles. The molecule has 0 amide bonds. The Bertz CT molecular complexity index is 1700. The molecule has 5 rings (SSSR count). The van der Waals surface area contributed by atoms with Crippen molar-refractivity contribution in [1.82, 2.24) is 4.90 Å². The lowest BCUT2D eigenvalue weighted by Gasteiger charge is -2.30.